The lowest BCUT2D eigenvalue weighted by Crippen LogP contribution is -2.29. The Bertz CT molecular complexity index is 336. The van der Waals surface area contributed by atoms with Crippen molar-refractivity contribution in [3.63, 3.8) is 0 Å². The normalized spacial score (nSPS) is 14.5. The predicted octanol–water partition coefficient (Wildman–Crippen LogP) is 4.78. The van der Waals surface area contributed by atoms with Gasteiger partial charge in [-0.2, -0.15) is 0 Å². The molecule has 0 fully saturated rings. The van der Waals surface area contributed by atoms with E-state index in [1.807, 2.05) is 0 Å². The quantitative estimate of drug-likeness (QED) is 0.731. The van der Waals surface area contributed by atoms with Gasteiger partial charge < -0.3 is 5.32 Å². The van der Waals surface area contributed by atoms with Crippen molar-refractivity contribution in [1.29, 1.82) is 0 Å². The summed E-state index contributed by atoms with van der Waals surface area (Å²) in [5.41, 5.74) is 4.37. The molecule has 1 heteroatoms. The molecular weight excluding hydrogens is 218 g/mol. The molecule has 2 unspecified atom stereocenters. The second-order valence-electron chi connectivity index (χ2n) is 5.50. The van der Waals surface area contributed by atoms with E-state index in [0.717, 1.165) is 6.54 Å². The Morgan fingerprint density at radius 1 is 1.06 bits per heavy atom. The van der Waals surface area contributed by atoms with Crippen LogP contribution in [-0.2, 0) is 0 Å². The van der Waals surface area contributed by atoms with Gasteiger partial charge in [0.1, 0.15) is 0 Å². The molecule has 18 heavy (non-hydrogen) atoms. The first-order valence-electron chi connectivity index (χ1n) is 7.41. The molecule has 1 N–H and O–H groups in total. The first-order valence-corrected chi connectivity index (χ1v) is 7.41. The summed E-state index contributed by atoms with van der Waals surface area (Å²) >= 11 is 0. The molecule has 0 heterocycles. The molecule has 1 nitrogen and oxygen atoms in total. The lowest BCUT2D eigenvalue weighted by Gasteiger charge is -2.28. The van der Waals surface area contributed by atoms with Crippen LogP contribution >= 0.6 is 0 Å². The Morgan fingerprint density at radius 3 is 2.17 bits per heavy atom. The minimum atomic E-state index is 0.506. The van der Waals surface area contributed by atoms with Gasteiger partial charge in [0.15, 0.2) is 0 Å². The average Bonchev–Trinajstić information content (AvgIpc) is 2.33. The topological polar surface area (TPSA) is 12.0 Å². The van der Waals surface area contributed by atoms with E-state index >= 15 is 0 Å². The Balaban J connectivity index is 3.00. The second-order valence-corrected chi connectivity index (χ2v) is 5.50. The molecule has 0 radical (unpaired) electrons. The van der Waals surface area contributed by atoms with Crippen molar-refractivity contribution in [2.45, 2.75) is 59.9 Å². The second kappa shape index (κ2) is 7.58. The van der Waals surface area contributed by atoms with E-state index in [1.165, 1.54) is 36.0 Å². The molecule has 0 aliphatic heterocycles. The Morgan fingerprint density at radius 2 is 1.67 bits per heavy atom. The summed E-state index contributed by atoms with van der Waals surface area (Å²) in [4.78, 5) is 0. The van der Waals surface area contributed by atoms with Crippen LogP contribution < -0.4 is 5.32 Å². The van der Waals surface area contributed by atoms with Crippen molar-refractivity contribution < 1.29 is 0 Å². The van der Waals surface area contributed by atoms with Crippen molar-refractivity contribution in [3.05, 3.63) is 34.9 Å². The van der Waals surface area contributed by atoms with E-state index < -0.39 is 0 Å². The number of hydrogen-bond acceptors (Lipinski definition) is 1. The van der Waals surface area contributed by atoms with Gasteiger partial charge in [-0.1, -0.05) is 45.4 Å². The van der Waals surface area contributed by atoms with Gasteiger partial charge in [-0.05, 0) is 55.8 Å². The van der Waals surface area contributed by atoms with E-state index in [4.69, 9.17) is 0 Å². The van der Waals surface area contributed by atoms with Crippen molar-refractivity contribution in [1.82, 2.24) is 5.32 Å². The smallest absolute Gasteiger partial charge is 0.0351 e. The summed E-state index contributed by atoms with van der Waals surface area (Å²) in [6, 6.07) is 7.14. The molecule has 1 rings (SSSR count). The molecule has 2 atom stereocenters. The molecule has 1 aromatic rings. The maximum absolute atomic E-state index is 3.75. The molecule has 0 amide bonds. The molecule has 0 spiro atoms. The Labute approximate surface area is 113 Å². The maximum Gasteiger partial charge on any atom is 0.0351 e. The number of nitrogens with one attached hydrogen (secondary N) is 1. The molecule has 0 aromatic heterocycles. The zero-order valence-electron chi connectivity index (χ0n) is 12.7. The fraction of sp³-hybridized carbons (Fsp3) is 0.647. The zero-order valence-corrected chi connectivity index (χ0v) is 12.7. The van der Waals surface area contributed by atoms with Crippen molar-refractivity contribution >= 4 is 0 Å². The maximum atomic E-state index is 3.75. The van der Waals surface area contributed by atoms with E-state index in [1.54, 1.807) is 0 Å². The number of hydrogen-bond donors (Lipinski definition) is 1. The minimum Gasteiger partial charge on any atom is -0.310 e. The molecule has 0 aliphatic carbocycles. The SMILES string of the molecule is CCCNC(c1c(C)cccc1C)C(C)CCC. The van der Waals surface area contributed by atoms with Gasteiger partial charge in [-0.15, -0.1) is 0 Å². The summed E-state index contributed by atoms with van der Waals surface area (Å²) in [5.74, 6) is 0.696. The molecule has 102 valence electrons. The summed E-state index contributed by atoms with van der Waals surface area (Å²) in [5, 5.41) is 3.75. The van der Waals surface area contributed by atoms with Gasteiger partial charge in [0.2, 0.25) is 0 Å². The van der Waals surface area contributed by atoms with E-state index in [-0.39, 0.29) is 0 Å². The van der Waals surface area contributed by atoms with Crippen LogP contribution in [0, 0.1) is 19.8 Å². The van der Waals surface area contributed by atoms with E-state index in [9.17, 15) is 0 Å². The largest absolute Gasteiger partial charge is 0.310 e. The van der Waals surface area contributed by atoms with Gasteiger partial charge in [0, 0.05) is 6.04 Å². The first-order chi connectivity index (χ1) is 8.61. The summed E-state index contributed by atoms with van der Waals surface area (Å²) in [6.07, 6.45) is 3.74. The average molecular weight is 247 g/mol. The van der Waals surface area contributed by atoms with Crippen LogP contribution in [0.4, 0.5) is 0 Å². The summed E-state index contributed by atoms with van der Waals surface area (Å²) < 4.78 is 0. The minimum absolute atomic E-state index is 0.506. The third-order valence-electron chi connectivity index (χ3n) is 3.78. The molecule has 0 saturated heterocycles. The molecule has 1 aromatic carbocycles. The highest BCUT2D eigenvalue weighted by molar-refractivity contribution is 5.36. The number of aryl methyl sites for hydroxylation is 2. The van der Waals surface area contributed by atoms with Crippen LogP contribution in [0.1, 0.15) is 62.8 Å². The van der Waals surface area contributed by atoms with Crippen LogP contribution in [0.3, 0.4) is 0 Å². The monoisotopic (exact) mass is 247 g/mol. The van der Waals surface area contributed by atoms with Crippen LogP contribution in [0.2, 0.25) is 0 Å². The van der Waals surface area contributed by atoms with E-state index in [0.29, 0.717) is 12.0 Å². The van der Waals surface area contributed by atoms with Crippen LogP contribution in [-0.4, -0.2) is 6.54 Å². The number of rotatable bonds is 7. The zero-order chi connectivity index (χ0) is 13.5. The van der Waals surface area contributed by atoms with Gasteiger partial charge in [0.25, 0.3) is 0 Å². The molecular formula is C17H29N. The van der Waals surface area contributed by atoms with Gasteiger partial charge >= 0.3 is 0 Å². The van der Waals surface area contributed by atoms with Crippen LogP contribution in [0.15, 0.2) is 18.2 Å². The lowest BCUT2D eigenvalue weighted by molar-refractivity contribution is 0.361. The standard InChI is InChI=1S/C17H29N/c1-6-9-15(5)17(18-12-7-2)16-13(3)10-8-11-14(16)4/h8,10-11,15,17-18H,6-7,9,12H2,1-5H3. The van der Waals surface area contributed by atoms with Crippen molar-refractivity contribution in [3.8, 4) is 0 Å². The van der Waals surface area contributed by atoms with Gasteiger partial charge in [-0.25, -0.2) is 0 Å². The summed E-state index contributed by atoms with van der Waals surface area (Å²) in [6.45, 7) is 12.5. The highest BCUT2D eigenvalue weighted by Crippen LogP contribution is 2.30. The first kappa shape index (κ1) is 15.2. The van der Waals surface area contributed by atoms with Gasteiger partial charge in [0.05, 0.1) is 0 Å². The predicted molar refractivity (Wildman–Crippen MR) is 81.0 cm³/mol. The van der Waals surface area contributed by atoms with E-state index in [2.05, 4.69) is 58.1 Å². The highest BCUT2D eigenvalue weighted by Gasteiger charge is 2.21. The summed E-state index contributed by atoms with van der Waals surface area (Å²) in [7, 11) is 0. The lowest BCUT2D eigenvalue weighted by atomic mass is 9.86. The molecule has 0 aliphatic rings. The van der Waals surface area contributed by atoms with Crippen molar-refractivity contribution in [2.24, 2.45) is 5.92 Å². The van der Waals surface area contributed by atoms with Crippen LogP contribution in [0.5, 0.6) is 0 Å². The Kier molecular flexibility index (Phi) is 6.42. The third-order valence-corrected chi connectivity index (χ3v) is 3.78. The molecule has 0 saturated carbocycles. The number of benzene rings is 1. The Hall–Kier alpha value is -0.820. The van der Waals surface area contributed by atoms with Crippen molar-refractivity contribution in [2.75, 3.05) is 6.54 Å². The highest BCUT2D eigenvalue weighted by atomic mass is 14.9. The fourth-order valence-corrected chi connectivity index (χ4v) is 2.83. The van der Waals surface area contributed by atoms with Crippen LogP contribution in [0.25, 0.3) is 0 Å². The van der Waals surface area contributed by atoms with Gasteiger partial charge in [-0.3, -0.25) is 0 Å². The molecule has 0 bridgehead atoms. The fourth-order valence-electron chi connectivity index (χ4n) is 2.83. The third kappa shape index (κ3) is 3.84.